The second-order valence-electron chi connectivity index (χ2n) is 7.38. The number of fused-ring (bicyclic) bond motifs is 1. The molecular formula is C21H20N4O2. The van der Waals surface area contributed by atoms with Gasteiger partial charge in [0, 0.05) is 35.7 Å². The molecule has 5 rings (SSSR count). The molecule has 27 heavy (non-hydrogen) atoms. The average molecular weight is 360 g/mol. The Balaban J connectivity index is 1.56. The van der Waals surface area contributed by atoms with E-state index in [4.69, 9.17) is 0 Å². The van der Waals surface area contributed by atoms with Gasteiger partial charge in [0.1, 0.15) is 5.75 Å². The van der Waals surface area contributed by atoms with Gasteiger partial charge in [0.25, 0.3) is 0 Å². The molecule has 3 heterocycles. The van der Waals surface area contributed by atoms with Crippen LogP contribution >= 0.6 is 0 Å². The van der Waals surface area contributed by atoms with Crippen LogP contribution in [0.2, 0.25) is 0 Å². The molecule has 1 aromatic carbocycles. The molecule has 136 valence electrons. The maximum atomic E-state index is 11.8. The highest BCUT2D eigenvalue weighted by Gasteiger charge is 2.38. The van der Waals surface area contributed by atoms with Crippen LogP contribution in [0.5, 0.6) is 5.75 Å². The van der Waals surface area contributed by atoms with E-state index < -0.39 is 0 Å². The van der Waals surface area contributed by atoms with E-state index in [2.05, 4.69) is 21.8 Å². The Morgan fingerprint density at radius 1 is 1.22 bits per heavy atom. The number of para-hydroxylation sites is 1. The molecule has 6 nitrogen and oxygen atoms in total. The fourth-order valence-electron chi connectivity index (χ4n) is 3.96. The first-order valence-electron chi connectivity index (χ1n) is 9.24. The summed E-state index contributed by atoms with van der Waals surface area (Å²) in [5, 5.41) is 19.9. The van der Waals surface area contributed by atoms with Crippen molar-refractivity contribution in [1.29, 1.82) is 0 Å². The van der Waals surface area contributed by atoms with Crippen LogP contribution in [0.1, 0.15) is 35.9 Å². The number of hydrogen-bond donors (Lipinski definition) is 2. The fourth-order valence-corrected chi connectivity index (χ4v) is 3.96. The Bertz CT molecular complexity index is 1060. The summed E-state index contributed by atoms with van der Waals surface area (Å²) in [6.07, 6.45) is 3.72. The number of nitrogens with zero attached hydrogens (tertiary/aromatic N) is 3. The third kappa shape index (κ3) is 2.60. The minimum absolute atomic E-state index is 0.0167. The Morgan fingerprint density at radius 3 is 2.70 bits per heavy atom. The highest BCUT2D eigenvalue weighted by Crippen LogP contribution is 2.48. The zero-order valence-electron chi connectivity index (χ0n) is 14.9. The van der Waals surface area contributed by atoms with Crippen LogP contribution in [-0.4, -0.2) is 44.2 Å². The lowest BCUT2D eigenvalue weighted by Crippen LogP contribution is -2.48. The minimum atomic E-state index is -0.0167. The summed E-state index contributed by atoms with van der Waals surface area (Å²) in [5.74, 6) is 1.02. The van der Waals surface area contributed by atoms with Crippen LogP contribution in [0.15, 0.2) is 43.0 Å². The molecule has 1 saturated carbocycles. The number of likely N-dealkylation sites (tertiary alicyclic amines) is 1. The first-order chi connectivity index (χ1) is 13.2. The predicted molar refractivity (Wildman–Crippen MR) is 102 cm³/mol. The molecule has 1 amide bonds. The Kier molecular flexibility index (Phi) is 3.53. The SMILES string of the molecule is C=CC(=O)N1CC(c2[nH]c3nnc(-c4ccccc4O)cc3c2C2CC2)C1. The summed E-state index contributed by atoms with van der Waals surface area (Å²) in [7, 11) is 0. The van der Waals surface area contributed by atoms with Crippen LogP contribution in [0.25, 0.3) is 22.3 Å². The van der Waals surface area contributed by atoms with Gasteiger partial charge in [-0.25, -0.2) is 0 Å². The first-order valence-corrected chi connectivity index (χ1v) is 9.24. The van der Waals surface area contributed by atoms with E-state index in [0.717, 1.165) is 11.0 Å². The number of phenols is 1. The molecule has 1 aliphatic heterocycles. The zero-order valence-corrected chi connectivity index (χ0v) is 14.9. The van der Waals surface area contributed by atoms with E-state index in [1.165, 1.54) is 30.2 Å². The summed E-state index contributed by atoms with van der Waals surface area (Å²) in [5.41, 5.74) is 4.63. The Hall–Kier alpha value is -3.15. The molecule has 2 aliphatic rings. The molecular weight excluding hydrogens is 340 g/mol. The van der Waals surface area contributed by atoms with E-state index in [-0.39, 0.29) is 11.7 Å². The number of benzene rings is 1. The van der Waals surface area contributed by atoms with Gasteiger partial charge in [0.05, 0.1) is 5.69 Å². The lowest BCUT2D eigenvalue weighted by molar-refractivity contribution is -0.130. The molecule has 6 heteroatoms. The van der Waals surface area contributed by atoms with E-state index in [1.54, 1.807) is 17.0 Å². The summed E-state index contributed by atoms with van der Waals surface area (Å²) < 4.78 is 0. The lowest BCUT2D eigenvalue weighted by Gasteiger charge is -2.38. The summed E-state index contributed by atoms with van der Waals surface area (Å²) in [6, 6.07) is 9.20. The van der Waals surface area contributed by atoms with Crippen molar-refractivity contribution in [3.63, 3.8) is 0 Å². The van der Waals surface area contributed by atoms with Crippen LogP contribution in [0, 0.1) is 0 Å². The number of aromatic hydroxyl groups is 1. The van der Waals surface area contributed by atoms with Gasteiger partial charge in [-0.2, -0.15) is 0 Å². The summed E-state index contributed by atoms with van der Waals surface area (Å²) in [4.78, 5) is 17.0. The number of nitrogens with one attached hydrogen (secondary N) is 1. The fraction of sp³-hybridized carbons (Fsp3) is 0.286. The minimum Gasteiger partial charge on any atom is -0.507 e. The normalized spacial score (nSPS) is 17.1. The van der Waals surface area contributed by atoms with E-state index in [1.807, 2.05) is 18.2 Å². The number of phenolic OH excluding ortho intramolecular Hbond substituents is 1. The van der Waals surface area contributed by atoms with Gasteiger partial charge in [0.2, 0.25) is 5.91 Å². The maximum absolute atomic E-state index is 11.8. The van der Waals surface area contributed by atoms with Crippen molar-refractivity contribution in [2.45, 2.75) is 24.7 Å². The van der Waals surface area contributed by atoms with Gasteiger partial charge < -0.3 is 15.0 Å². The molecule has 1 aliphatic carbocycles. The third-order valence-electron chi connectivity index (χ3n) is 5.57. The summed E-state index contributed by atoms with van der Waals surface area (Å²) >= 11 is 0. The molecule has 0 bridgehead atoms. The largest absolute Gasteiger partial charge is 0.507 e. The van der Waals surface area contributed by atoms with E-state index in [9.17, 15) is 9.90 Å². The van der Waals surface area contributed by atoms with Gasteiger partial charge in [-0.3, -0.25) is 4.79 Å². The molecule has 2 fully saturated rings. The van der Waals surface area contributed by atoms with E-state index >= 15 is 0 Å². The number of carbonyl (C=O) groups excluding carboxylic acids is 1. The second kappa shape index (κ2) is 5.94. The highest BCUT2D eigenvalue weighted by atomic mass is 16.3. The molecule has 0 atom stereocenters. The van der Waals surface area contributed by atoms with Gasteiger partial charge in [-0.15, -0.1) is 10.2 Å². The van der Waals surface area contributed by atoms with Crippen molar-refractivity contribution in [3.05, 3.63) is 54.2 Å². The van der Waals surface area contributed by atoms with Gasteiger partial charge >= 0.3 is 0 Å². The number of carbonyl (C=O) groups is 1. The first kappa shape index (κ1) is 16.1. The predicted octanol–water partition coefficient (Wildman–Crippen LogP) is 3.32. The number of amides is 1. The second-order valence-corrected chi connectivity index (χ2v) is 7.38. The molecule has 2 aromatic heterocycles. The van der Waals surface area contributed by atoms with Gasteiger partial charge in [0.15, 0.2) is 5.65 Å². The number of aromatic amines is 1. The third-order valence-corrected chi connectivity index (χ3v) is 5.57. The van der Waals surface area contributed by atoms with Crippen LogP contribution in [-0.2, 0) is 4.79 Å². The van der Waals surface area contributed by atoms with E-state index in [0.29, 0.717) is 36.2 Å². The van der Waals surface area contributed by atoms with Crippen LogP contribution in [0.3, 0.4) is 0 Å². The smallest absolute Gasteiger partial charge is 0.245 e. The van der Waals surface area contributed by atoms with Crippen molar-refractivity contribution in [2.75, 3.05) is 13.1 Å². The van der Waals surface area contributed by atoms with Crippen LogP contribution < -0.4 is 0 Å². The van der Waals surface area contributed by atoms with Crippen molar-refractivity contribution in [3.8, 4) is 17.0 Å². The molecule has 0 unspecified atom stereocenters. The quantitative estimate of drug-likeness (QED) is 0.699. The summed E-state index contributed by atoms with van der Waals surface area (Å²) in [6.45, 7) is 4.97. The Morgan fingerprint density at radius 2 is 2.00 bits per heavy atom. The number of aromatic nitrogens is 3. The van der Waals surface area contributed by atoms with Gasteiger partial charge in [-0.05, 0) is 48.6 Å². The highest BCUT2D eigenvalue weighted by molar-refractivity contribution is 5.89. The van der Waals surface area contributed by atoms with Crippen molar-refractivity contribution in [1.82, 2.24) is 20.1 Å². The molecule has 3 aromatic rings. The number of rotatable bonds is 4. The van der Waals surface area contributed by atoms with Crippen molar-refractivity contribution < 1.29 is 9.90 Å². The van der Waals surface area contributed by atoms with Crippen molar-refractivity contribution >= 4 is 16.9 Å². The number of hydrogen-bond acceptors (Lipinski definition) is 4. The molecule has 0 radical (unpaired) electrons. The topological polar surface area (TPSA) is 82.1 Å². The van der Waals surface area contributed by atoms with Crippen molar-refractivity contribution in [2.24, 2.45) is 0 Å². The van der Waals surface area contributed by atoms with Crippen LogP contribution in [0.4, 0.5) is 0 Å². The maximum Gasteiger partial charge on any atom is 0.245 e. The molecule has 2 N–H and O–H groups in total. The molecule has 1 saturated heterocycles. The Labute approximate surface area is 156 Å². The monoisotopic (exact) mass is 360 g/mol. The lowest BCUT2D eigenvalue weighted by atomic mass is 9.91. The van der Waals surface area contributed by atoms with Gasteiger partial charge in [-0.1, -0.05) is 18.7 Å². The zero-order chi connectivity index (χ0) is 18.5. The molecule has 0 spiro atoms. The standard InChI is InChI=1S/C21H20N4O2/c1-2-18(27)25-10-13(11-25)20-19(12-7-8-12)15-9-16(23-24-21(15)22-20)14-5-3-4-6-17(14)26/h2-6,9,12-13,26H,1,7-8,10-11H2,(H,22,24). The number of H-pyrrole nitrogens is 1. The average Bonchev–Trinajstić information content (AvgIpc) is 3.41.